The van der Waals surface area contributed by atoms with Crippen LogP contribution < -0.4 is 10.1 Å². The van der Waals surface area contributed by atoms with E-state index < -0.39 is 22.1 Å². The van der Waals surface area contributed by atoms with Gasteiger partial charge in [-0.3, -0.25) is 9.69 Å². The lowest BCUT2D eigenvalue weighted by Crippen LogP contribution is -2.42. The van der Waals surface area contributed by atoms with E-state index in [-0.39, 0.29) is 30.4 Å². The maximum absolute atomic E-state index is 12.8. The summed E-state index contributed by atoms with van der Waals surface area (Å²) >= 11 is 0. The number of sulfonamides is 1. The Morgan fingerprint density at radius 3 is 2.62 bits per heavy atom. The third-order valence-corrected chi connectivity index (χ3v) is 6.23. The van der Waals surface area contributed by atoms with E-state index in [4.69, 9.17) is 4.74 Å². The molecule has 0 spiro atoms. The van der Waals surface area contributed by atoms with Crippen molar-refractivity contribution in [3.63, 3.8) is 0 Å². The van der Waals surface area contributed by atoms with Crippen LogP contribution >= 0.6 is 0 Å². The number of urea groups is 1. The number of hydrogen-bond acceptors (Lipinski definition) is 5. The van der Waals surface area contributed by atoms with Crippen LogP contribution in [-0.2, 0) is 14.8 Å². The second-order valence-corrected chi connectivity index (χ2v) is 7.80. The molecule has 2 saturated heterocycles. The van der Waals surface area contributed by atoms with Gasteiger partial charge in [-0.1, -0.05) is 0 Å². The van der Waals surface area contributed by atoms with Crippen LogP contribution in [-0.4, -0.2) is 62.3 Å². The van der Waals surface area contributed by atoms with Crippen molar-refractivity contribution in [3.05, 3.63) is 23.8 Å². The fraction of sp³-hybridized carbons (Fsp3) is 0.467. The maximum Gasteiger partial charge on any atom is 0.324 e. The second kappa shape index (κ2) is 6.06. The smallest absolute Gasteiger partial charge is 0.324 e. The Morgan fingerprint density at radius 2 is 2.04 bits per heavy atom. The van der Waals surface area contributed by atoms with Crippen molar-refractivity contribution in [1.82, 2.24) is 14.5 Å². The van der Waals surface area contributed by atoms with Crippen LogP contribution in [0.25, 0.3) is 0 Å². The van der Waals surface area contributed by atoms with E-state index in [1.165, 1.54) is 17.5 Å². The molecule has 1 N–H and O–H groups in total. The summed E-state index contributed by atoms with van der Waals surface area (Å²) in [6.07, 6.45) is 0.438. The van der Waals surface area contributed by atoms with E-state index in [0.29, 0.717) is 12.2 Å². The molecule has 1 unspecified atom stereocenters. The van der Waals surface area contributed by atoms with Crippen LogP contribution in [0.15, 0.2) is 23.1 Å². The van der Waals surface area contributed by atoms with Gasteiger partial charge in [-0.15, -0.1) is 0 Å². The van der Waals surface area contributed by atoms with Gasteiger partial charge in [0.25, 0.3) is 0 Å². The number of methoxy groups -OCH3 is 1. The van der Waals surface area contributed by atoms with Crippen molar-refractivity contribution in [2.45, 2.75) is 24.3 Å². The maximum atomic E-state index is 12.8. The van der Waals surface area contributed by atoms with Crippen LogP contribution in [0.5, 0.6) is 5.75 Å². The number of aryl methyl sites for hydroxylation is 1. The van der Waals surface area contributed by atoms with Crippen molar-refractivity contribution < 1.29 is 22.7 Å². The Hall–Kier alpha value is -2.13. The first kappa shape index (κ1) is 16.7. The van der Waals surface area contributed by atoms with Gasteiger partial charge in [-0.25, -0.2) is 13.2 Å². The van der Waals surface area contributed by atoms with Crippen molar-refractivity contribution >= 4 is 22.0 Å². The van der Waals surface area contributed by atoms with Gasteiger partial charge in [0.2, 0.25) is 15.9 Å². The predicted molar refractivity (Wildman–Crippen MR) is 85.1 cm³/mol. The van der Waals surface area contributed by atoms with E-state index in [9.17, 15) is 18.0 Å². The lowest BCUT2D eigenvalue weighted by atomic mass is 10.2. The Bertz CT molecular complexity index is 776. The molecule has 2 heterocycles. The number of benzene rings is 1. The van der Waals surface area contributed by atoms with Crippen molar-refractivity contribution in [3.8, 4) is 5.75 Å². The molecule has 1 aromatic carbocycles. The highest BCUT2D eigenvalue weighted by Crippen LogP contribution is 2.27. The standard InChI is InChI=1S/C15H19N3O5S/c1-10-7-12(3-4-13(10)23-2)24(21,22)17-6-5-11(9-17)18-14(19)8-16-15(18)20/h3-4,7,11H,5-6,8-9H2,1-2H3,(H,16,20). The summed E-state index contributed by atoms with van der Waals surface area (Å²) in [5, 5.41) is 2.46. The van der Waals surface area contributed by atoms with E-state index in [1.807, 2.05) is 0 Å². The summed E-state index contributed by atoms with van der Waals surface area (Å²) in [5.41, 5.74) is 0.725. The van der Waals surface area contributed by atoms with Gasteiger partial charge in [0.05, 0.1) is 24.6 Å². The highest BCUT2D eigenvalue weighted by atomic mass is 32.2. The molecule has 2 aliphatic rings. The molecular weight excluding hydrogens is 334 g/mol. The molecular formula is C15H19N3O5S. The molecule has 2 fully saturated rings. The minimum Gasteiger partial charge on any atom is -0.496 e. The molecule has 3 amide bonds. The Kier molecular flexibility index (Phi) is 4.22. The monoisotopic (exact) mass is 353 g/mol. The summed E-state index contributed by atoms with van der Waals surface area (Å²) in [5.74, 6) is 0.303. The number of carbonyl (C=O) groups is 2. The Morgan fingerprint density at radius 1 is 1.29 bits per heavy atom. The first-order chi connectivity index (χ1) is 11.3. The molecule has 0 bridgehead atoms. The van der Waals surface area contributed by atoms with Gasteiger partial charge in [-0.05, 0) is 37.1 Å². The van der Waals surface area contributed by atoms with Gasteiger partial charge in [0, 0.05) is 13.1 Å². The predicted octanol–water partition coefficient (Wildman–Crippen LogP) is 0.318. The van der Waals surface area contributed by atoms with Crippen LogP contribution in [0.4, 0.5) is 4.79 Å². The number of amides is 3. The van der Waals surface area contributed by atoms with E-state index in [1.54, 1.807) is 19.1 Å². The summed E-state index contributed by atoms with van der Waals surface area (Å²) in [6.45, 7) is 2.14. The lowest BCUT2D eigenvalue weighted by molar-refractivity contribution is -0.126. The first-order valence-corrected chi connectivity index (χ1v) is 9.03. The molecule has 0 aliphatic carbocycles. The molecule has 8 nitrogen and oxygen atoms in total. The molecule has 130 valence electrons. The van der Waals surface area contributed by atoms with E-state index in [2.05, 4.69) is 5.32 Å². The fourth-order valence-corrected chi connectivity index (χ4v) is 4.68. The zero-order valence-corrected chi connectivity index (χ0v) is 14.3. The molecule has 2 aliphatic heterocycles. The van der Waals surface area contributed by atoms with Crippen LogP contribution in [0, 0.1) is 6.92 Å². The SMILES string of the molecule is COc1ccc(S(=O)(=O)N2CCC(N3C(=O)CNC3=O)C2)cc1C. The number of imide groups is 1. The van der Waals surface area contributed by atoms with Gasteiger partial charge in [0.15, 0.2) is 0 Å². The molecule has 1 atom stereocenters. The number of nitrogens with one attached hydrogen (secondary N) is 1. The zero-order valence-electron chi connectivity index (χ0n) is 13.5. The van der Waals surface area contributed by atoms with Crippen LogP contribution in [0.2, 0.25) is 0 Å². The van der Waals surface area contributed by atoms with Gasteiger partial charge < -0.3 is 10.1 Å². The zero-order chi connectivity index (χ0) is 17.5. The molecule has 1 aromatic rings. The van der Waals surface area contributed by atoms with Gasteiger partial charge in [0.1, 0.15) is 5.75 Å². The number of carbonyl (C=O) groups excluding carboxylic acids is 2. The molecule has 0 radical (unpaired) electrons. The highest BCUT2D eigenvalue weighted by Gasteiger charge is 2.41. The van der Waals surface area contributed by atoms with Crippen molar-refractivity contribution in [1.29, 1.82) is 0 Å². The Labute approximate surface area is 140 Å². The number of nitrogens with zero attached hydrogens (tertiary/aromatic N) is 2. The van der Waals surface area contributed by atoms with E-state index in [0.717, 1.165) is 10.5 Å². The summed E-state index contributed by atoms with van der Waals surface area (Å²) < 4.78 is 32.0. The molecule has 9 heteroatoms. The quantitative estimate of drug-likeness (QED) is 0.787. The summed E-state index contributed by atoms with van der Waals surface area (Å²) in [6, 6.07) is 3.81. The average molecular weight is 353 g/mol. The first-order valence-electron chi connectivity index (χ1n) is 7.59. The minimum atomic E-state index is -3.68. The minimum absolute atomic E-state index is 0.0280. The van der Waals surface area contributed by atoms with Crippen LogP contribution in [0.3, 0.4) is 0 Å². The molecule has 24 heavy (non-hydrogen) atoms. The van der Waals surface area contributed by atoms with Gasteiger partial charge >= 0.3 is 6.03 Å². The molecule has 0 saturated carbocycles. The van der Waals surface area contributed by atoms with Crippen molar-refractivity contribution in [2.24, 2.45) is 0 Å². The average Bonchev–Trinajstić information content (AvgIpc) is 3.14. The number of hydrogen-bond donors (Lipinski definition) is 1. The largest absolute Gasteiger partial charge is 0.496 e. The second-order valence-electron chi connectivity index (χ2n) is 5.86. The van der Waals surface area contributed by atoms with Crippen LogP contribution in [0.1, 0.15) is 12.0 Å². The fourth-order valence-electron chi connectivity index (χ4n) is 3.10. The highest BCUT2D eigenvalue weighted by molar-refractivity contribution is 7.89. The summed E-state index contributed by atoms with van der Waals surface area (Å²) in [7, 11) is -2.15. The Balaban J connectivity index is 1.80. The third kappa shape index (κ3) is 2.73. The number of rotatable bonds is 4. The lowest BCUT2D eigenvalue weighted by Gasteiger charge is -2.21. The topological polar surface area (TPSA) is 96.0 Å². The third-order valence-electron chi connectivity index (χ3n) is 4.37. The normalized spacial score (nSPS) is 22.1. The van der Waals surface area contributed by atoms with Crippen molar-refractivity contribution in [2.75, 3.05) is 26.7 Å². The van der Waals surface area contributed by atoms with E-state index >= 15 is 0 Å². The van der Waals surface area contributed by atoms with Gasteiger partial charge in [-0.2, -0.15) is 4.31 Å². The molecule has 3 rings (SSSR count). The number of ether oxygens (including phenoxy) is 1. The summed E-state index contributed by atoms with van der Waals surface area (Å²) in [4.78, 5) is 24.8. The molecule has 0 aromatic heterocycles.